The summed E-state index contributed by atoms with van der Waals surface area (Å²) in [6, 6.07) is 0. The van der Waals surface area contributed by atoms with Crippen LogP contribution < -0.4 is 0 Å². The van der Waals surface area contributed by atoms with Gasteiger partial charge in [-0.3, -0.25) is 0 Å². The van der Waals surface area contributed by atoms with Crippen molar-refractivity contribution >= 4 is 0 Å². The molecule has 0 aromatic carbocycles. The summed E-state index contributed by atoms with van der Waals surface area (Å²) < 4.78 is 0. The zero-order chi connectivity index (χ0) is 8.81. The van der Waals surface area contributed by atoms with Gasteiger partial charge < -0.3 is 4.90 Å². The molecule has 1 rings (SSSR count). The smallest absolute Gasteiger partial charge is 0.000661 e. The molecular weight excluding hydrogens is 146 g/mol. The van der Waals surface area contributed by atoms with E-state index in [1.807, 2.05) is 0 Å². The Labute approximate surface area is 77.1 Å². The van der Waals surface area contributed by atoms with Crippen LogP contribution in [0.15, 0.2) is 0 Å². The fourth-order valence-electron chi connectivity index (χ4n) is 2.19. The molecule has 1 unspecified atom stereocenters. The molecule has 0 bridgehead atoms. The Morgan fingerprint density at radius 1 is 1.33 bits per heavy atom. The highest BCUT2D eigenvalue weighted by Gasteiger charge is 2.15. The maximum atomic E-state index is 2.49. The zero-order valence-corrected chi connectivity index (χ0v) is 8.68. The van der Waals surface area contributed by atoms with Gasteiger partial charge in [-0.05, 0) is 38.8 Å². The molecule has 1 atom stereocenters. The lowest BCUT2D eigenvalue weighted by molar-refractivity contribution is 0.199. The molecule has 1 nitrogen and oxygen atoms in total. The second-order valence-corrected chi connectivity index (χ2v) is 4.27. The number of likely N-dealkylation sites (tertiary alicyclic amines) is 1. The van der Waals surface area contributed by atoms with E-state index in [4.69, 9.17) is 0 Å². The van der Waals surface area contributed by atoms with Gasteiger partial charge in [-0.1, -0.05) is 26.2 Å². The van der Waals surface area contributed by atoms with Crippen LogP contribution in [0.1, 0.15) is 45.4 Å². The van der Waals surface area contributed by atoms with Gasteiger partial charge in [0.15, 0.2) is 0 Å². The predicted octanol–water partition coefficient (Wildman–Crippen LogP) is 2.91. The molecule has 0 saturated carbocycles. The van der Waals surface area contributed by atoms with Gasteiger partial charge >= 0.3 is 0 Å². The minimum Gasteiger partial charge on any atom is -0.306 e. The highest BCUT2D eigenvalue weighted by Crippen LogP contribution is 2.20. The number of rotatable bonds is 4. The monoisotopic (exact) mass is 169 g/mol. The Hall–Kier alpha value is -0.0400. The molecule has 12 heavy (non-hydrogen) atoms. The first kappa shape index (κ1) is 10.0. The minimum atomic E-state index is 1.01. The molecule has 1 aliphatic heterocycles. The summed E-state index contributed by atoms with van der Waals surface area (Å²) in [4.78, 5) is 2.49. The summed E-state index contributed by atoms with van der Waals surface area (Å²) in [7, 11) is 2.26. The molecule has 0 radical (unpaired) electrons. The molecule has 0 aliphatic carbocycles. The average molecular weight is 169 g/mol. The van der Waals surface area contributed by atoms with Gasteiger partial charge in [0.2, 0.25) is 0 Å². The topological polar surface area (TPSA) is 3.24 Å². The van der Waals surface area contributed by atoms with Crippen molar-refractivity contribution in [3.8, 4) is 0 Å². The van der Waals surface area contributed by atoms with Gasteiger partial charge in [0.25, 0.3) is 0 Å². The Balaban J connectivity index is 2.06. The summed E-state index contributed by atoms with van der Waals surface area (Å²) in [6.07, 6.45) is 8.62. The van der Waals surface area contributed by atoms with Gasteiger partial charge in [0.05, 0.1) is 0 Å². The SMILES string of the molecule is CCCCCC1CCCN(C)C1. The first-order chi connectivity index (χ1) is 5.83. The maximum Gasteiger partial charge on any atom is 0.000661 e. The minimum absolute atomic E-state index is 1.01. The fraction of sp³-hybridized carbons (Fsp3) is 1.00. The lowest BCUT2D eigenvalue weighted by Crippen LogP contribution is -2.31. The van der Waals surface area contributed by atoms with Gasteiger partial charge in [-0.15, -0.1) is 0 Å². The van der Waals surface area contributed by atoms with Crippen LogP contribution >= 0.6 is 0 Å². The second kappa shape index (κ2) is 5.58. The normalized spacial score (nSPS) is 26.0. The fourth-order valence-corrected chi connectivity index (χ4v) is 2.19. The summed E-state index contributed by atoms with van der Waals surface area (Å²) in [5.41, 5.74) is 0. The van der Waals surface area contributed by atoms with Crippen molar-refractivity contribution in [3.63, 3.8) is 0 Å². The molecule has 72 valence electrons. The standard InChI is InChI=1S/C11H23N/c1-3-4-5-7-11-8-6-9-12(2)10-11/h11H,3-10H2,1-2H3. The Morgan fingerprint density at radius 2 is 2.17 bits per heavy atom. The third-order valence-electron chi connectivity index (χ3n) is 2.94. The van der Waals surface area contributed by atoms with Gasteiger partial charge in [-0.25, -0.2) is 0 Å². The Bertz CT molecular complexity index is 112. The highest BCUT2D eigenvalue weighted by atomic mass is 15.1. The van der Waals surface area contributed by atoms with Crippen LogP contribution in [0.25, 0.3) is 0 Å². The van der Waals surface area contributed by atoms with E-state index in [9.17, 15) is 0 Å². The molecule has 0 aromatic rings. The van der Waals surface area contributed by atoms with E-state index >= 15 is 0 Å². The van der Waals surface area contributed by atoms with Gasteiger partial charge in [0, 0.05) is 6.54 Å². The van der Waals surface area contributed by atoms with Gasteiger partial charge in [0.1, 0.15) is 0 Å². The van der Waals surface area contributed by atoms with E-state index in [0.717, 1.165) is 5.92 Å². The number of hydrogen-bond donors (Lipinski definition) is 0. The Morgan fingerprint density at radius 3 is 2.83 bits per heavy atom. The summed E-state index contributed by atoms with van der Waals surface area (Å²) >= 11 is 0. The van der Waals surface area contributed by atoms with Crippen LogP contribution in [0.3, 0.4) is 0 Å². The summed E-state index contributed by atoms with van der Waals surface area (Å²) in [5, 5.41) is 0. The van der Waals surface area contributed by atoms with Crippen LogP contribution in [0.5, 0.6) is 0 Å². The van der Waals surface area contributed by atoms with E-state index in [2.05, 4.69) is 18.9 Å². The Kier molecular flexibility index (Phi) is 4.67. The predicted molar refractivity (Wildman–Crippen MR) is 54.4 cm³/mol. The van der Waals surface area contributed by atoms with Crippen LogP contribution in [-0.4, -0.2) is 25.0 Å². The molecule has 0 spiro atoms. The quantitative estimate of drug-likeness (QED) is 0.585. The van der Waals surface area contributed by atoms with E-state index in [1.54, 1.807) is 0 Å². The molecule has 1 heteroatoms. The average Bonchev–Trinajstić information content (AvgIpc) is 2.05. The number of hydrogen-bond acceptors (Lipinski definition) is 1. The molecule has 1 fully saturated rings. The molecule has 0 amide bonds. The van der Waals surface area contributed by atoms with Crippen molar-refractivity contribution in [2.75, 3.05) is 20.1 Å². The first-order valence-electron chi connectivity index (χ1n) is 5.51. The third kappa shape index (κ3) is 3.57. The van der Waals surface area contributed by atoms with E-state index < -0.39 is 0 Å². The van der Waals surface area contributed by atoms with Crippen molar-refractivity contribution in [2.24, 2.45) is 5.92 Å². The largest absolute Gasteiger partial charge is 0.306 e. The maximum absolute atomic E-state index is 2.49. The van der Waals surface area contributed by atoms with Crippen LogP contribution in [0.2, 0.25) is 0 Å². The van der Waals surface area contributed by atoms with Crippen molar-refractivity contribution in [3.05, 3.63) is 0 Å². The van der Waals surface area contributed by atoms with Crippen molar-refractivity contribution in [1.29, 1.82) is 0 Å². The highest BCUT2D eigenvalue weighted by molar-refractivity contribution is 4.70. The van der Waals surface area contributed by atoms with E-state index in [-0.39, 0.29) is 0 Å². The molecule has 0 aromatic heterocycles. The lowest BCUT2D eigenvalue weighted by atomic mass is 9.93. The van der Waals surface area contributed by atoms with Crippen molar-refractivity contribution in [2.45, 2.75) is 45.4 Å². The van der Waals surface area contributed by atoms with Crippen LogP contribution in [-0.2, 0) is 0 Å². The summed E-state index contributed by atoms with van der Waals surface area (Å²) in [5.74, 6) is 1.01. The number of nitrogens with zero attached hydrogens (tertiary/aromatic N) is 1. The van der Waals surface area contributed by atoms with Crippen molar-refractivity contribution in [1.82, 2.24) is 4.90 Å². The lowest BCUT2D eigenvalue weighted by Gasteiger charge is -2.29. The molecule has 1 heterocycles. The van der Waals surface area contributed by atoms with Gasteiger partial charge in [-0.2, -0.15) is 0 Å². The first-order valence-corrected chi connectivity index (χ1v) is 5.51. The summed E-state index contributed by atoms with van der Waals surface area (Å²) in [6.45, 7) is 4.96. The molecule has 1 aliphatic rings. The second-order valence-electron chi connectivity index (χ2n) is 4.27. The molecular formula is C11H23N. The van der Waals surface area contributed by atoms with Crippen LogP contribution in [0, 0.1) is 5.92 Å². The number of piperidine rings is 1. The molecule has 0 N–H and O–H groups in total. The van der Waals surface area contributed by atoms with Crippen LogP contribution in [0.4, 0.5) is 0 Å². The zero-order valence-electron chi connectivity index (χ0n) is 8.68. The number of unbranched alkanes of at least 4 members (excludes halogenated alkanes) is 2. The third-order valence-corrected chi connectivity index (χ3v) is 2.94. The molecule has 1 saturated heterocycles. The van der Waals surface area contributed by atoms with Crippen molar-refractivity contribution < 1.29 is 0 Å². The van der Waals surface area contributed by atoms with E-state index in [1.165, 1.54) is 51.6 Å². The van der Waals surface area contributed by atoms with E-state index in [0.29, 0.717) is 0 Å².